The van der Waals surface area contributed by atoms with Crippen LogP contribution in [-0.2, 0) is 10.3 Å². The third-order valence-corrected chi connectivity index (χ3v) is 8.57. The molecule has 37 heavy (non-hydrogen) atoms. The van der Waals surface area contributed by atoms with Crippen LogP contribution in [0.25, 0.3) is 0 Å². The van der Waals surface area contributed by atoms with Crippen molar-refractivity contribution in [2.24, 2.45) is 11.7 Å². The van der Waals surface area contributed by atoms with Gasteiger partial charge in [0.15, 0.2) is 0 Å². The van der Waals surface area contributed by atoms with Gasteiger partial charge in [-0.25, -0.2) is 4.39 Å². The predicted octanol–water partition coefficient (Wildman–Crippen LogP) is 4.24. The van der Waals surface area contributed by atoms with E-state index in [1.54, 1.807) is 24.3 Å². The van der Waals surface area contributed by atoms with Crippen molar-refractivity contribution >= 4 is 29.1 Å². The Kier molecular flexibility index (Phi) is 9.48. The SMILES string of the molecule is N[C@]1(c2ccc(Cl)cc2)[C@H](CC2CCCCC2)N[C@@H](C(=O)NCC[C@H](O)CO)[C@@H]1c1cccc(Cl)c1F. The number of hydrogen-bond acceptors (Lipinski definition) is 5. The minimum absolute atomic E-state index is 0.0306. The third-order valence-electron chi connectivity index (χ3n) is 8.03. The Bertz CT molecular complexity index is 1070. The number of hydrogen-bond donors (Lipinski definition) is 5. The zero-order valence-electron chi connectivity index (χ0n) is 20.8. The molecule has 6 N–H and O–H groups in total. The van der Waals surface area contributed by atoms with Gasteiger partial charge in [-0.1, -0.05) is 79.6 Å². The van der Waals surface area contributed by atoms with Crippen LogP contribution in [0.2, 0.25) is 10.0 Å². The van der Waals surface area contributed by atoms with Crippen molar-refractivity contribution in [2.45, 2.75) is 74.6 Å². The highest BCUT2D eigenvalue weighted by Gasteiger charge is 2.57. The molecule has 0 spiro atoms. The minimum atomic E-state index is -1.12. The van der Waals surface area contributed by atoms with Gasteiger partial charge < -0.3 is 26.6 Å². The Labute approximate surface area is 227 Å². The number of carbonyl (C=O) groups excluding carboxylic acids is 1. The number of nitrogens with one attached hydrogen (secondary N) is 2. The monoisotopic (exact) mass is 551 g/mol. The summed E-state index contributed by atoms with van der Waals surface area (Å²) >= 11 is 12.4. The summed E-state index contributed by atoms with van der Waals surface area (Å²) in [5.74, 6) is -1.24. The molecule has 4 rings (SSSR count). The van der Waals surface area contributed by atoms with Crippen molar-refractivity contribution in [3.05, 3.63) is 69.5 Å². The molecule has 1 saturated heterocycles. The second-order valence-electron chi connectivity index (χ2n) is 10.4. The fourth-order valence-corrected chi connectivity index (χ4v) is 6.38. The highest BCUT2D eigenvalue weighted by molar-refractivity contribution is 6.31. The van der Waals surface area contributed by atoms with Crippen LogP contribution in [0, 0.1) is 11.7 Å². The zero-order chi connectivity index (χ0) is 26.6. The first-order chi connectivity index (χ1) is 17.8. The van der Waals surface area contributed by atoms with E-state index in [1.165, 1.54) is 25.3 Å². The summed E-state index contributed by atoms with van der Waals surface area (Å²) in [6.07, 6.45) is 5.77. The molecule has 1 amide bonds. The van der Waals surface area contributed by atoms with Crippen molar-refractivity contribution in [2.75, 3.05) is 13.2 Å². The van der Waals surface area contributed by atoms with Gasteiger partial charge in [0.05, 0.1) is 29.3 Å². The molecule has 1 aliphatic heterocycles. The number of aliphatic hydroxyl groups excluding tert-OH is 2. The smallest absolute Gasteiger partial charge is 0.237 e. The van der Waals surface area contributed by atoms with Crippen LogP contribution in [-0.4, -0.2) is 47.5 Å². The normalized spacial score (nSPS) is 27.2. The number of halogens is 3. The number of nitrogens with two attached hydrogens (primary N) is 1. The number of amides is 1. The highest BCUT2D eigenvalue weighted by atomic mass is 35.5. The van der Waals surface area contributed by atoms with Crippen molar-refractivity contribution < 1.29 is 19.4 Å². The molecule has 6 nitrogen and oxygen atoms in total. The molecular weight excluding hydrogens is 516 g/mol. The molecule has 0 bridgehead atoms. The van der Waals surface area contributed by atoms with Crippen LogP contribution < -0.4 is 16.4 Å². The van der Waals surface area contributed by atoms with E-state index in [-0.39, 0.29) is 42.1 Å². The molecule has 0 aromatic heterocycles. The largest absolute Gasteiger partial charge is 0.394 e. The summed E-state index contributed by atoms with van der Waals surface area (Å²) in [4.78, 5) is 13.6. The highest BCUT2D eigenvalue weighted by Crippen LogP contribution is 2.49. The van der Waals surface area contributed by atoms with E-state index in [0.29, 0.717) is 10.9 Å². The number of aliphatic hydroxyl groups is 2. The van der Waals surface area contributed by atoms with Gasteiger partial charge in [0.2, 0.25) is 5.91 Å². The van der Waals surface area contributed by atoms with Crippen LogP contribution in [0.15, 0.2) is 42.5 Å². The molecular formula is C28H36Cl2FN3O3. The maximum absolute atomic E-state index is 15.6. The van der Waals surface area contributed by atoms with Gasteiger partial charge >= 0.3 is 0 Å². The first-order valence-electron chi connectivity index (χ1n) is 13.1. The summed E-state index contributed by atoms with van der Waals surface area (Å²) in [6, 6.07) is 10.9. The van der Waals surface area contributed by atoms with Crippen molar-refractivity contribution in [3.8, 4) is 0 Å². The number of benzene rings is 2. The first-order valence-corrected chi connectivity index (χ1v) is 13.8. The fourth-order valence-electron chi connectivity index (χ4n) is 6.07. The molecule has 5 atom stereocenters. The lowest BCUT2D eigenvalue weighted by molar-refractivity contribution is -0.123. The van der Waals surface area contributed by atoms with Crippen molar-refractivity contribution in [3.63, 3.8) is 0 Å². The van der Waals surface area contributed by atoms with Crippen LogP contribution in [0.3, 0.4) is 0 Å². The predicted molar refractivity (Wildman–Crippen MR) is 144 cm³/mol. The van der Waals surface area contributed by atoms with E-state index in [1.807, 2.05) is 12.1 Å². The Morgan fingerprint density at radius 3 is 2.54 bits per heavy atom. The molecule has 2 aromatic carbocycles. The molecule has 202 valence electrons. The van der Waals surface area contributed by atoms with E-state index < -0.39 is 29.4 Å². The molecule has 1 heterocycles. The quantitative estimate of drug-likeness (QED) is 0.320. The van der Waals surface area contributed by atoms with Gasteiger partial charge in [0, 0.05) is 23.5 Å². The van der Waals surface area contributed by atoms with Gasteiger partial charge in [-0.05, 0) is 48.1 Å². The van der Waals surface area contributed by atoms with Gasteiger partial charge in [-0.15, -0.1) is 0 Å². The van der Waals surface area contributed by atoms with Gasteiger partial charge in [0.1, 0.15) is 5.82 Å². The topological polar surface area (TPSA) is 108 Å². The summed E-state index contributed by atoms with van der Waals surface area (Å²) in [6.45, 7) is -0.227. The maximum atomic E-state index is 15.6. The summed E-state index contributed by atoms with van der Waals surface area (Å²) in [5, 5.41) is 25.7. The second kappa shape index (κ2) is 12.4. The van der Waals surface area contributed by atoms with Crippen LogP contribution >= 0.6 is 23.2 Å². The van der Waals surface area contributed by atoms with Crippen molar-refractivity contribution in [1.29, 1.82) is 0 Å². The number of rotatable bonds is 9. The lowest BCUT2D eigenvalue weighted by Crippen LogP contribution is -2.51. The van der Waals surface area contributed by atoms with Gasteiger partial charge in [-0.2, -0.15) is 0 Å². The van der Waals surface area contributed by atoms with Gasteiger partial charge in [-0.3, -0.25) is 4.79 Å². The molecule has 2 fully saturated rings. The molecule has 1 aliphatic carbocycles. The standard InChI is InChI=1S/C28H36Cl2FN3O3/c29-19-11-9-18(10-12-19)28(32)23(15-17-5-2-1-3-6-17)34-26(27(37)33-14-13-20(36)16-35)24(28)21-7-4-8-22(30)25(21)31/h4,7-12,17,20,23-24,26,34-36H,1-3,5-6,13-16,32H2,(H,33,37)/t20-,23-,24-,26+,28+/m0/s1. The third kappa shape index (κ3) is 6.13. The Balaban J connectivity index is 1.76. The van der Waals surface area contributed by atoms with Crippen LogP contribution in [0.4, 0.5) is 4.39 Å². The second-order valence-corrected chi connectivity index (χ2v) is 11.3. The molecule has 2 aliphatic rings. The first kappa shape index (κ1) is 28.3. The van der Waals surface area contributed by atoms with Gasteiger partial charge in [0.25, 0.3) is 0 Å². The van der Waals surface area contributed by atoms with Crippen molar-refractivity contribution in [1.82, 2.24) is 10.6 Å². The Hall–Kier alpha value is -1.74. The van der Waals surface area contributed by atoms with E-state index in [4.69, 9.17) is 34.0 Å². The number of carbonyl (C=O) groups is 1. The summed E-state index contributed by atoms with van der Waals surface area (Å²) in [5.41, 5.74) is 7.26. The summed E-state index contributed by atoms with van der Waals surface area (Å²) in [7, 11) is 0. The minimum Gasteiger partial charge on any atom is -0.394 e. The van der Waals surface area contributed by atoms with E-state index in [0.717, 1.165) is 24.8 Å². The Morgan fingerprint density at radius 2 is 1.86 bits per heavy atom. The maximum Gasteiger partial charge on any atom is 0.237 e. The molecule has 1 saturated carbocycles. The lowest BCUT2D eigenvalue weighted by atomic mass is 9.69. The zero-order valence-corrected chi connectivity index (χ0v) is 22.3. The van der Waals surface area contributed by atoms with Crippen LogP contribution in [0.5, 0.6) is 0 Å². The van der Waals surface area contributed by atoms with E-state index in [2.05, 4.69) is 10.6 Å². The average Bonchev–Trinajstić information content (AvgIpc) is 3.19. The fraction of sp³-hybridized carbons (Fsp3) is 0.536. The molecule has 9 heteroatoms. The Morgan fingerprint density at radius 1 is 1.16 bits per heavy atom. The summed E-state index contributed by atoms with van der Waals surface area (Å²) < 4.78 is 15.6. The van der Waals surface area contributed by atoms with E-state index in [9.17, 15) is 9.90 Å². The average molecular weight is 553 g/mol. The van der Waals surface area contributed by atoms with E-state index >= 15 is 4.39 Å². The molecule has 0 unspecified atom stereocenters. The molecule has 2 aromatic rings. The lowest BCUT2D eigenvalue weighted by Gasteiger charge is -2.39. The van der Waals surface area contributed by atoms with Crippen LogP contribution in [0.1, 0.15) is 62.0 Å². The molecule has 0 radical (unpaired) electrons.